The van der Waals surface area contributed by atoms with Crippen LogP contribution in [0.2, 0.25) is 0 Å². The maximum absolute atomic E-state index is 13.2. The first-order chi connectivity index (χ1) is 17.1. The molecule has 2 aromatic rings. The van der Waals surface area contributed by atoms with Crippen molar-refractivity contribution < 1.29 is 19.0 Å². The number of anilines is 3. The van der Waals surface area contributed by atoms with Gasteiger partial charge in [0, 0.05) is 56.2 Å². The number of amides is 1. The molecule has 2 fully saturated rings. The quantitative estimate of drug-likeness (QED) is 0.614. The van der Waals surface area contributed by atoms with E-state index in [1.807, 2.05) is 17.0 Å². The molecular weight excluding hydrogens is 448 g/mol. The molecule has 1 atom stereocenters. The van der Waals surface area contributed by atoms with E-state index in [0.717, 1.165) is 57.1 Å². The number of aryl methyl sites for hydroxylation is 1. The first kappa shape index (κ1) is 23.8. The average Bonchev–Trinajstić information content (AvgIpc) is 2.89. The average molecular weight is 483 g/mol. The summed E-state index contributed by atoms with van der Waals surface area (Å²) < 4.78 is 16.9. The van der Waals surface area contributed by atoms with Crippen LogP contribution in [0.4, 0.5) is 17.3 Å². The van der Waals surface area contributed by atoms with Crippen molar-refractivity contribution in [3.63, 3.8) is 0 Å². The Kier molecular flexibility index (Phi) is 7.60. The van der Waals surface area contributed by atoms with Crippen LogP contribution in [0.15, 0.2) is 24.3 Å². The van der Waals surface area contributed by atoms with Gasteiger partial charge in [0.25, 0.3) is 5.91 Å². The second-order valence-electron chi connectivity index (χ2n) is 9.20. The molecule has 0 saturated carbocycles. The topological polar surface area (TPSA) is 101 Å². The summed E-state index contributed by atoms with van der Waals surface area (Å²) in [6.07, 6.45) is 2.15. The highest BCUT2D eigenvalue weighted by atomic mass is 16.5. The molecule has 10 nitrogen and oxygen atoms in total. The third-order valence-electron chi connectivity index (χ3n) is 6.59. The maximum atomic E-state index is 13.2. The molecule has 0 aliphatic carbocycles. The van der Waals surface area contributed by atoms with Gasteiger partial charge in [-0.15, -0.1) is 0 Å². The zero-order valence-corrected chi connectivity index (χ0v) is 20.3. The number of hydrogen-bond donors (Lipinski definition) is 2. The van der Waals surface area contributed by atoms with E-state index in [0.29, 0.717) is 50.8 Å². The molecule has 3 aliphatic heterocycles. The number of hydrogen-bond acceptors (Lipinski definition) is 9. The Hall–Kier alpha value is -2.95. The van der Waals surface area contributed by atoms with E-state index in [1.165, 1.54) is 5.56 Å². The lowest BCUT2D eigenvalue weighted by atomic mass is 9.98. The number of ether oxygens (including phenoxy) is 3. The van der Waals surface area contributed by atoms with Gasteiger partial charge in [-0.1, -0.05) is 6.07 Å². The Labute approximate surface area is 206 Å². The summed E-state index contributed by atoms with van der Waals surface area (Å²) in [4.78, 5) is 26.7. The second kappa shape index (κ2) is 11.2. The van der Waals surface area contributed by atoms with Crippen LogP contribution in [0.3, 0.4) is 0 Å². The molecule has 3 aliphatic rings. The molecular formula is C25H34N6O4. The van der Waals surface area contributed by atoms with Crippen LogP contribution in [-0.2, 0) is 15.9 Å². The summed E-state index contributed by atoms with van der Waals surface area (Å²) in [5.41, 5.74) is 3.36. The third-order valence-corrected chi connectivity index (χ3v) is 6.59. The van der Waals surface area contributed by atoms with E-state index < -0.39 is 0 Å². The fourth-order valence-electron chi connectivity index (χ4n) is 4.52. The van der Waals surface area contributed by atoms with Gasteiger partial charge >= 0.3 is 0 Å². The Morgan fingerprint density at radius 1 is 1.11 bits per heavy atom. The highest BCUT2D eigenvalue weighted by Crippen LogP contribution is 2.28. The van der Waals surface area contributed by atoms with Crippen LogP contribution in [-0.4, -0.2) is 92.6 Å². The fourth-order valence-corrected chi connectivity index (χ4v) is 4.52. The number of carbonyl (C=O) groups excluding carboxylic acids is 1. The van der Waals surface area contributed by atoms with Gasteiger partial charge in [0.1, 0.15) is 12.3 Å². The molecule has 35 heavy (non-hydrogen) atoms. The summed E-state index contributed by atoms with van der Waals surface area (Å²) in [5.74, 6) is 0.604. The van der Waals surface area contributed by atoms with Crippen molar-refractivity contribution >= 4 is 23.2 Å². The number of morpholine rings is 2. The van der Waals surface area contributed by atoms with E-state index in [4.69, 9.17) is 14.2 Å². The molecule has 4 heterocycles. The van der Waals surface area contributed by atoms with Crippen molar-refractivity contribution in [1.82, 2.24) is 14.9 Å². The molecule has 1 amide bonds. The maximum Gasteiger partial charge on any atom is 0.274 e. The number of benzene rings is 1. The lowest BCUT2D eigenvalue weighted by Crippen LogP contribution is -2.39. The summed E-state index contributed by atoms with van der Waals surface area (Å²) in [7, 11) is 0. The first-order valence-corrected chi connectivity index (χ1v) is 12.5. The Balaban J connectivity index is 1.31. The van der Waals surface area contributed by atoms with Crippen LogP contribution < -0.4 is 20.3 Å². The minimum atomic E-state index is -0.288. The standard InChI is InChI=1S/C25H34N6O4/c1-18-2-3-19-4-5-20(16-21(19)26-18)27-24(32)22-17-23(35-15-8-30-6-11-33-12-7-30)29-25(28-22)31-9-13-34-14-10-31/h4-5,16-18,26H,2-3,6-15H2,1H3,(H,27,32). The van der Waals surface area contributed by atoms with Crippen LogP contribution in [0, 0.1) is 0 Å². The highest BCUT2D eigenvalue weighted by Gasteiger charge is 2.20. The molecule has 1 aromatic heterocycles. The van der Waals surface area contributed by atoms with Crippen molar-refractivity contribution in [2.24, 2.45) is 0 Å². The number of fused-ring (bicyclic) bond motifs is 1. The third kappa shape index (κ3) is 6.19. The summed E-state index contributed by atoms with van der Waals surface area (Å²) in [6.45, 7) is 9.27. The molecule has 2 saturated heterocycles. The molecule has 0 radical (unpaired) electrons. The number of nitrogens with one attached hydrogen (secondary N) is 2. The van der Waals surface area contributed by atoms with Gasteiger partial charge in [-0.25, -0.2) is 4.98 Å². The van der Waals surface area contributed by atoms with Gasteiger partial charge in [-0.2, -0.15) is 4.98 Å². The Morgan fingerprint density at radius 2 is 1.89 bits per heavy atom. The van der Waals surface area contributed by atoms with Gasteiger partial charge in [0.15, 0.2) is 0 Å². The molecule has 10 heteroatoms. The number of nitrogens with zero attached hydrogens (tertiary/aromatic N) is 4. The van der Waals surface area contributed by atoms with Gasteiger partial charge in [-0.05, 0) is 37.5 Å². The Bertz CT molecular complexity index is 1020. The fraction of sp³-hybridized carbons (Fsp3) is 0.560. The van der Waals surface area contributed by atoms with Crippen molar-refractivity contribution in [3.05, 3.63) is 35.5 Å². The summed E-state index contributed by atoms with van der Waals surface area (Å²) >= 11 is 0. The predicted octanol–water partition coefficient (Wildman–Crippen LogP) is 2.02. The van der Waals surface area contributed by atoms with Gasteiger partial charge < -0.3 is 29.7 Å². The molecule has 2 N–H and O–H groups in total. The lowest BCUT2D eigenvalue weighted by molar-refractivity contribution is 0.0320. The SMILES string of the molecule is CC1CCc2ccc(NC(=O)c3cc(OCCN4CCOCC4)nc(N4CCOCC4)n3)cc2N1. The van der Waals surface area contributed by atoms with Gasteiger partial charge in [0.05, 0.1) is 26.4 Å². The zero-order chi connectivity index (χ0) is 24.0. The molecule has 1 aromatic carbocycles. The minimum Gasteiger partial charge on any atom is -0.476 e. The zero-order valence-electron chi connectivity index (χ0n) is 20.3. The van der Waals surface area contributed by atoms with E-state index in [9.17, 15) is 4.79 Å². The molecule has 0 bridgehead atoms. The van der Waals surface area contributed by atoms with E-state index in [2.05, 4.69) is 38.5 Å². The number of rotatable bonds is 7. The van der Waals surface area contributed by atoms with Crippen LogP contribution in [0.1, 0.15) is 29.4 Å². The Morgan fingerprint density at radius 3 is 2.69 bits per heavy atom. The van der Waals surface area contributed by atoms with E-state index in [1.54, 1.807) is 6.07 Å². The molecule has 0 spiro atoms. The van der Waals surface area contributed by atoms with Crippen LogP contribution >= 0.6 is 0 Å². The molecule has 5 rings (SSSR count). The van der Waals surface area contributed by atoms with E-state index >= 15 is 0 Å². The highest BCUT2D eigenvalue weighted by molar-refractivity contribution is 6.03. The largest absolute Gasteiger partial charge is 0.476 e. The first-order valence-electron chi connectivity index (χ1n) is 12.5. The number of aromatic nitrogens is 2. The van der Waals surface area contributed by atoms with Crippen molar-refractivity contribution in [2.45, 2.75) is 25.8 Å². The van der Waals surface area contributed by atoms with Crippen molar-refractivity contribution in [1.29, 1.82) is 0 Å². The summed E-state index contributed by atoms with van der Waals surface area (Å²) in [5, 5.41) is 6.50. The second-order valence-corrected chi connectivity index (χ2v) is 9.20. The van der Waals surface area contributed by atoms with Crippen LogP contribution in [0.25, 0.3) is 0 Å². The van der Waals surface area contributed by atoms with Crippen molar-refractivity contribution in [2.75, 3.05) is 81.3 Å². The smallest absolute Gasteiger partial charge is 0.274 e. The van der Waals surface area contributed by atoms with Gasteiger partial charge in [-0.3, -0.25) is 9.69 Å². The summed E-state index contributed by atoms with van der Waals surface area (Å²) in [6, 6.07) is 8.05. The van der Waals surface area contributed by atoms with Crippen molar-refractivity contribution in [3.8, 4) is 5.88 Å². The molecule has 1 unspecified atom stereocenters. The lowest BCUT2D eigenvalue weighted by Gasteiger charge is -2.28. The number of carbonyl (C=O) groups is 1. The van der Waals surface area contributed by atoms with E-state index in [-0.39, 0.29) is 11.6 Å². The molecule has 188 valence electrons. The van der Waals surface area contributed by atoms with Crippen LogP contribution in [0.5, 0.6) is 5.88 Å². The normalized spacial score (nSPS) is 20.6. The minimum absolute atomic E-state index is 0.280. The predicted molar refractivity (Wildman–Crippen MR) is 134 cm³/mol. The van der Waals surface area contributed by atoms with Gasteiger partial charge in [0.2, 0.25) is 11.8 Å². The monoisotopic (exact) mass is 482 g/mol.